The van der Waals surface area contributed by atoms with E-state index < -0.39 is 30.1 Å². The number of amides is 1. The van der Waals surface area contributed by atoms with Gasteiger partial charge in [-0.15, -0.1) is 0 Å². The molecule has 1 aliphatic carbocycles. The molecule has 0 spiro atoms. The number of carboxylic acid groups (broad SMARTS) is 2. The van der Waals surface area contributed by atoms with Crippen LogP contribution in [0.5, 0.6) is 0 Å². The first-order valence-corrected chi connectivity index (χ1v) is 12.5. The van der Waals surface area contributed by atoms with Crippen LogP contribution in [0.4, 0.5) is 4.79 Å². The summed E-state index contributed by atoms with van der Waals surface area (Å²) in [5, 5.41) is 20.2. The minimum atomic E-state index is -1.10. The molecule has 38 heavy (non-hydrogen) atoms. The van der Waals surface area contributed by atoms with Crippen LogP contribution in [0.1, 0.15) is 42.9 Å². The molecular weight excluding hydrogens is 484 g/mol. The van der Waals surface area contributed by atoms with Crippen LogP contribution >= 0.6 is 0 Å². The second-order valence-electron chi connectivity index (χ2n) is 9.62. The van der Waals surface area contributed by atoms with Crippen LogP contribution in [0.3, 0.4) is 0 Å². The molecule has 0 aliphatic heterocycles. The standard InChI is InChI=1S/C24H21NO4.C6H13NO2/c26-23(27)22(14-16-8-2-1-3-9-16)25-24(28)29-15-21-19-12-6-4-10-17(19)18-11-5-7-13-20(18)21;1-4(2)3-5(7)6(8)9/h1-13,21-22H,14-15H2,(H,25,28)(H,26,27);4-5H,3,7H2,1-2H3,(H,8,9)/t22-;5-/m11/s1. The lowest BCUT2D eigenvalue weighted by atomic mass is 9.98. The Kier molecular flexibility index (Phi) is 10.0. The van der Waals surface area contributed by atoms with Gasteiger partial charge in [0.1, 0.15) is 18.7 Å². The van der Waals surface area contributed by atoms with Gasteiger partial charge in [0.05, 0.1) is 0 Å². The maximum atomic E-state index is 12.3. The number of ether oxygens (including phenoxy) is 1. The second kappa shape index (κ2) is 13.4. The van der Waals surface area contributed by atoms with Crippen LogP contribution in [0.15, 0.2) is 78.9 Å². The van der Waals surface area contributed by atoms with E-state index in [1.807, 2.05) is 80.6 Å². The molecule has 200 valence electrons. The normalized spacial score (nSPS) is 13.4. The van der Waals surface area contributed by atoms with Crippen LogP contribution in [-0.4, -0.2) is 46.9 Å². The maximum absolute atomic E-state index is 12.3. The Morgan fingerprint density at radius 2 is 1.37 bits per heavy atom. The molecule has 1 aliphatic rings. The number of carbonyl (C=O) groups excluding carboxylic acids is 1. The van der Waals surface area contributed by atoms with Crippen molar-refractivity contribution in [3.8, 4) is 11.1 Å². The fourth-order valence-corrected chi connectivity index (χ4v) is 4.44. The van der Waals surface area contributed by atoms with Gasteiger partial charge in [-0.1, -0.05) is 92.7 Å². The van der Waals surface area contributed by atoms with E-state index in [1.165, 1.54) is 0 Å². The van der Waals surface area contributed by atoms with Gasteiger partial charge in [-0.25, -0.2) is 9.59 Å². The number of benzene rings is 3. The van der Waals surface area contributed by atoms with Crippen molar-refractivity contribution in [2.45, 2.75) is 44.7 Å². The molecule has 8 nitrogen and oxygen atoms in total. The van der Waals surface area contributed by atoms with E-state index in [0.29, 0.717) is 12.3 Å². The summed E-state index contributed by atoms with van der Waals surface area (Å²) in [6.45, 7) is 4.04. The highest BCUT2D eigenvalue weighted by Crippen LogP contribution is 2.44. The Labute approximate surface area is 222 Å². The zero-order valence-corrected chi connectivity index (χ0v) is 21.5. The fraction of sp³-hybridized carbons (Fsp3) is 0.300. The number of fused-ring (bicyclic) bond motifs is 3. The van der Waals surface area contributed by atoms with Gasteiger partial charge in [0.25, 0.3) is 0 Å². The van der Waals surface area contributed by atoms with E-state index in [0.717, 1.165) is 27.8 Å². The molecule has 0 fully saturated rings. The summed E-state index contributed by atoms with van der Waals surface area (Å²) in [5.74, 6) is -1.72. The molecule has 8 heteroatoms. The molecule has 0 bridgehead atoms. The largest absolute Gasteiger partial charge is 0.480 e. The highest BCUT2D eigenvalue weighted by Gasteiger charge is 2.29. The van der Waals surface area contributed by atoms with Gasteiger partial charge in [-0.05, 0) is 40.2 Å². The van der Waals surface area contributed by atoms with Crippen molar-refractivity contribution in [1.82, 2.24) is 5.32 Å². The molecule has 0 radical (unpaired) electrons. The number of carbonyl (C=O) groups is 3. The number of carboxylic acids is 2. The van der Waals surface area contributed by atoms with E-state index >= 15 is 0 Å². The molecule has 0 heterocycles. The third-order valence-electron chi connectivity index (χ3n) is 6.26. The van der Waals surface area contributed by atoms with Gasteiger partial charge in [0.15, 0.2) is 0 Å². The van der Waals surface area contributed by atoms with E-state index in [2.05, 4.69) is 17.4 Å². The highest BCUT2D eigenvalue weighted by atomic mass is 16.5. The molecule has 1 amide bonds. The average molecular weight is 519 g/mol. The Bertz CT molecular complexity index is 1200. The molecule has 3 aromatic rings. The number of nitrogens with one attached hydrogen (secondary N) is 1. The first-order chi connectivity index (χ1) is 18.2. The quantitative estimate of drug-likeness (QED) is 0.323. The summed E-state index contributed by atoms with van der Waals surface area (Å²) in [7, 11) is 0. The summed E-state index contributed by atoms with van der Waals surface area (Å²) < 4.78 is 5.44. The predicted molar refractivity (Wildman–Crippen MR) is 145 cm³/mol. The second-order valence-corrected chi connectivity index (χ2v) is 9.62. The van der Waals surface area contributed by atoms with Gasteiger partial charge in [-0.3, -0.25) is 4.79 Å². The van der Waals surface area contributed by atoms with Gasteiger partial charge in [0, 0.05) is 12.3 Å². The number of aliphatic carboxylic acids is 2. The number of rotatable bonds is 9. The molecule has 5 N–H and O–H groups in total. The van der Waals surface area contributed by atoms with Crippen LogP contribution in [0, 0.1) is 5.92 Å². The summed E-state index contributed by atoms with van der Waals surface area (Å²) >= 11 is 0. The summed E-state index contributed by atoms with van der Waals surface area (Å²) in [6, 6.07) is 23.6. The van der Waals surface area contributed by atoms with Gasteiger partial charge in [-0.2, -0.15) is 0 Å². The number of hydrogen-bond donors (Lipinski definition) is 4. The topological polar surface area (TPSA) is 139 Å². The smallest absolute Gasteiger partial charge is 0.407 e. The highest BCUT2D eigenvalue weighted by molar-refractivity contribution is 5.81. The molecule has 2 atom stereocenters. The molecule has 0 saturated heterocycles. The Morgan fingerprint density at radius 1 is 0.842 bits per heavy atom. The van der Waals surface area contributed by atoms with Crippen molar-refractivity contribution in [1.29, 1.82) is 0 Å². The maximum Gasteiger partial charge on any atom is 0.407 e. The van der Waals surface area contributed by atoms with Crippen LogP contribution in [0.25, 0.3) is 11.1 Å². The molecule has 3 aromatic carbocycles. The van der Waals surface area contributed by atoms with Crippen LogP contribution in [-0.2, 0) is 20.7 Å². The third-order valence-corrected chi connectivity index (χ3v) is 6.26. The van der Waals surface area contributed by atoms with Crippen molar-refractivity contribution in [3.05, 3.63) is 95.6 Å². The van der Waals surface area contributed by atoms with E-state index in [4.69, 9.17) is 15.6 Å². The fourth-order valence-electron chi connectivity index (χ4n) is 4.44. The van der Waals surface area contributed by atoms with Crippen LogP contribution in [0.2, 0.25) is 0 Å². The monoisotopic (exact) mass is 518 g/mol. The van der Waals surface area contributed by atoms with Crippen molar-refractivity contribution in [2.24, 2.45) is 11.7 Å². The van der Waals surface area contributed by atoms with Crippen LogP contribution < -0.4 is 11.1 Å². The summed E-state index contributed by atoms with van der Waals surface area (Å²) in [4.78, 5) is 34.0. The lowest BCUT2D eigenvalue weighted by Gasteiger charge is -2.17. The van der Waals surface area contributed by atoms with Crippen molar-refractivity contribution in [2.75, 3.05) is 6.61 Å². The van der Waals surface area contributed by atoms with Gasteiger partial charge < -0.3 is 26.0 Å². The van der Waals surface area contributed by atoms with E-state index in [9.17, 15) is 19.5 Å². The number of alkyl carbamates (subject to hydrolysis) is 1. The molecule has 0 aromatic heterocycles. The summed E-state index contributed by atoms with van der Waals surface area (Å²) in [5.41, 5.74) is 10.6. The lowest BCUT2D eigenvalue weighted by molar-refractivity contribution is -0.140. The minimum Gasteiger partial charge on any atom is -0.480 e. The zero-order chi connectivity index (χ0) is 27.7. The SMILES string of the molecule is CC(C)C[C@@H](N)C(=O)O.O=C(N[C@H](Cc1ccccc1)C(=O)O)OCC1c2ccccc2-c2ccccc21. The Hall–Kier alpha value is -4.17. The van der Waals surface area contributed by atoms with Crippen molar-refractivity contribution in [3.63, 3.8) is 0 Å². The first-order valence-electron chi connectivity index (χ1n) is 12.5. The average Bonchev–Trinajstić information content (AvgIpc) is 3.21. The Balaban J connectivity index is 0.000000383. The molecule has 4 rings (SSSR count). The number of hydrogen-bond acceptors (Lipinski definition) is 5. The first kappa shape index (κ1) is 28.4. The molecule has 0 unspecified atom stereocenters. The zero-order valence-electron chi connectivity index (χ0n) is 21.5. The van der Waals surface area contributed by atoms with Gasteiger partial charge >= 0.3 is 18.0 Å². The minimum absolute atomic E-state index is 0.0643. The lowest BCUT2D eigenvalue weighted by Crippen LogP contribution is -2.42. The predicted octanol–water partition coefficient (Wildman–Crippen LogP) is 4.67. The van der Waals surface area contributed by atoms with Gasteiger partial charge in [0.2, 0.25) is 0 Å². The van der Waals surface area contributed by atoms with Crippen molar-refractivity contribution >= 4 is 18.0 Å². The third kappa shape index (κ3) is 7.66. The molecule has 0 saturated carbocycles. The van der Waals surface area contributed by atoms with E-state index in [-0.39, 0.29) is 18.9 Å². The van der Waals surface area contributed by atoms with Crippen molar-refractivity contribution < 1.29 is 29.3 Å². The number of nitrogens with two attached hydrogens (primary N) is 1. The summed E-state index contributed by atoms with van der Waals surface area (Å²) in [6.07, 6.45) is 0.0191. The Morgan fingerprint density at radius 3 is 1.84 bits per heavy atom. The van der Waals surface area contributed by atoms with E-state index in [1.54, 1.807) is 0 Å². The molecular formula is C30H34N2O6.